The molecule has 0 aliphatic rings. The molecule has 0 unspecified atom stereocenters. The minimum absolute atomic E-state index is 0.00776. The van der Waals surface area contributed by atoms with Gasteiger partial charge >= 0.3 is 0 Å². The molecule has 0 atom stereocenters. The first-order valence-corrected chi connectivity index (χ1v) is 7.19. The third-order valence-corrected chi connectivity index (χ3v) is 3.24. The Morgan fingerprint density at radius 3 is 2.16 bits per heavy atom. The topological polar surface area (TPSA) is 29.1 Å². The van der Waals surface area contributed by atoms with E-state index in [1.54, 1.807) is 6.08 Å². The lowest BCUT2D eigenvalue weighted by Gasteiger charge is -2.08. The molecule has 3 heteroatoms. The summed E-state index contributed by atoms with van der Waals surface area (Å²) in [6.45, 7) is 0. The van der Waals surface area contributed by atoms with Gasteiger partial charge in [-0.05, 0) is 18.4 Å². The molecule has 0 heterocycles. The number of rotatable bonds is 5. The Hall–Kier alpha value is -2.00. The van der Waals surface area contributed by atoms with Gasteiger partial charge in [-0.2, -0.15) is 0 Å². The van der Waals surface area contributed by atoms with Crippen LogP contribution in [-0.2, 0) is 0 Å². The van der Waals surface area contributed by atoms with Crippen LogP contribution in [0.25, 0.3) is 0 Å². The van der Waals surface area contributed by atoms with Crippen LogP contribution in [0.15, 0.2) is 71.8 Å². The molecule has 0 saturated heterocycles. The first-order valence-electron chi connectivity index (χ1n) is 5.97. The number of thioether (sulfide) groups is 1. The van der Waals surface area contributed by atoms with Gasteiger partial charge in [0.1, 0.15) is 0 Å². The number of nitrogens with one attached hydrogen (secondary N) is 1. The third kappa shape index (κ3) is 4.00. The van der Waals surface area contributed by atoms with E-state index in [0.29, 0.717) is 5.56 Å². The van der Waals surface area contributed by atoms with Crippen molar-refractivity contribution in [1.29, 1.82) is 0 Å². The van der Waals surface area contributed by atoms with Crippen molar-refractivity contribution in [2.24, 2.45) is 0 Å². The van der Waals surface area contributed by atoms with Gasteiger partial charge in [0.25, 0.3) is 0 Å². The number of allylic oxidation sites excluding steroid dienone is 1. The number of hydrogen-bond acceptors (Lipinski definition) is 3. The molecular weight excluding hydrogens is 254 g/mol. The van der Waals surface area contributed by atoms with Gasteiger partial charge in [0, 0.05) is 17.3 Å². The number of benzene rings is 2. The van der Waals surface area contributed by atoms with Crippen molar-refractivity contribution in [3.8, 4) is 0 Å². The second kappa shape index (κ2) is 6.81. The molecule has 0 aliphatic heterocycles. The molecular formula is C16H15NOS. The maximum Gasteiger partial charge on any atom is 0.188 e. The van der Waals surface area contributed by atoms with E-state index in [9.17, 15) is 4.79 Å². The number of hydrogen-bond donors (Lipinski definition) is 1. The van der Waals surface area contributed by atoms with E-state index in [4.69, 9.17) is 0 Å². The van der Waals surface area contributed by atoms with Crippen LogP contribution in [0, 0.1) is 0 Å². The van der Waals surface area contributed by atoms with Crippen LogP contribution < -0.4 is 5.32 Å². The quantitative estimate of drug-likeness (QED) is 0.652. The van der Waals surface area contributed by atoms with Crippen molar-refractivity contribution in [2.75, 3.05) is 11.6 Å². The predicted octanol–water partition coefficient (Wildman–Crippen LogP) is 4.19. The highest BCUT2D eigenvalue weighted by Crippen LogP contribution is 2.17. The average Bonchev–Trinajstić information content (AvgIpc) is 2.48. The van der Waals surface area contributed by atoms with Crippen LogP contribution in [0.4, 0.5) is 5.69 Å². The number of ketones is 1. The van der Waals surface area contributed by atoms with Gasteiger partial charge in [-0.15, -0.1) is 11.8 Å². The Morgan fingerprint density at radius 1 is 1.00 bits per heavy atom. The number of anilines is 1. The van der Waals surface area contributed by atoms with Crippen molar-refractivity contribution in [3.63, 3.8) is 0 Å². The predicted molar refractivity (Wildman–Crippen MR) is 82.4 cm³/mol. The number of carbonyl (C=O) groups is 1. The summed E-state index contributed by atoms with van der Waals surface area (Å²) in [6, 6.07) is 19.1. The van der Waals surface area contributed by atoms with Crippen LogP contribution in [0.3, 0.4) is 0 Å². The second-order valence-electron chi connectivity index (χ2n) is 3.93. The summed E-state index contributed by atoms with van der Waals surface area (Å²) in [7, 11) is 0. The van der Waals surface area contributed by atoms with Gasteiger partial charge in [-0.1, -0.05) is 48.5 Å². The zero-order valence-electron chi connectivity index (χ0n) is 10.7. The van der Waals surface area contributed by atoms with E-state index >= 15 is 0 Å². The summed E-state index contributed by atoms with van der Waals surface area (Å²) in [5.74, 6) is 0.00776. The summed E-state index contributed by atoms with van der Waals surface area (Å²) in [5, 5.41) is 4.07. The van der Waals surface area contributed by atoms with Crippen LogP contribution in [-0.4, -0.2) is 12.0 Å². The highest BCUT2D eigenvalue weighted by Gasteiger charge is 2.04. The van der Waals surface area contributed by atoms with Gasteiger partial charge in [0.05, 0.1) is 5.03 Å². The summed E-state index contributed by atoms with van der Waals surface area (Å²) >= 11 is 1.52. The lowest BCUT2D eigenvalue weighted by Crippen LogP contribution is -2.01. The first kappa shape index (κ1) is 13.4. The van der Waals surface area contributed by atoms with Crippen LogP contribution in [0.1, 0.15) is 10.4 Å². The zero-order valence-corrected chi connectivity index (χ0v) is 11.5. The molecule has 2 aromatic carbocycles. The van der Waals surface area contributed by atoms with E-state index in [-0.39, 0.29) is 5.78 Å². The number of para-hydroxylation sites is 1. The minimum atomic E-state index is 0.00776. The molecule has 19 heavy (non-hydrogen) atoms. The lowest BCUT2D eigenvalue weighted by molar-refractivity contribution is 0.104. The molecule has 0 radical (unpaired) electrons. The zero-order chi connectivity index (χ0) is 13.5. The van der Waals surface area contributed by atoms with Gasteiger partial charge in [-0.3, -0.25) is 4.79 Å². The largest absolute Gasteiger partial charge is 0.350 e. The highest BCUT2D eigenvalue weighted by atomic mass is 32.2. The fourth-order valence-corrected chi connectivity index (χ4v) is 2.06. The molecule has 0 aliphatic carbocycles. The Balaban J connectivity index is 2.13. The second-order valence-corrected chi connectivity index (χ2v) is 4.78. The Kier molecular flexibility index (Phi) is 4.81. The Labute approximate surface area is 117 Å². The summed E-state index contributed by atoms with van der Waals surface area (Å²) in [5.41, 5.74) is 1.67. The molecule has 0 bridgehead atoms. The normalized spacial score (nSPS) is 11.1. The molecule has 0 aromatic heterocycles. The molecule has 2 aromatic rings. The van der Waals surface area contributed by atoms with E-state index < -0.39 is 0 Å². The van der Waals surface area contributed by atoms with Crippen LogP contribution >= 0.6 is 11.8 Å². The van der Waals surface area contributed by atoms with E-state index in [1.165, 1.54) is 11.8 Å². The molecule has 0 saturated carbocycles. The van der Waals surface area contributed by atoms with Crippen molar-refractivity contribution in [3.05, 3.63) is 77.3 Å². The smallest absolute Gasteiger partial charge is 0.188 e. The standard InChI is InChI=1S/C16H15NOS/c1-19-16(17-14-10-6-3-7-11-14)12-15(18)13-8-4-2-5-9-13/h2-12,17H,1H3. The maximum atomic E-state index is 12.1. The van der Waals surface area contributed by atoms with Crippen molar-refractivity contribution < 1.29 is 4.79 Å². The lowest BCUT2D eigenvalue weighted by atomic mass is 10.1. The van der Waals surface area contributed by atoms with Gasteiger partial charge in [0.15, 0.2) is 5.78 Å². The SMILES string of the molecule is CSC(=CC(=O)c1ccccc1)Nc1ccccc1. The first-order chi connectivity index (χ1) is 9.29. The third-order valence-electron chi connectivity index (χ3n) is 2.58. The number of carbonyl (C=O) groups excluding carboxylic acids is 1. The van der Waals surface area contributed by atoms with E-state index in [1.807, 2.05) is 66.9 Å². The van der Waals surface area contributed by atoms with E-state index in [0.717, 1.165) is 10.7 Å². The van der Waals surface area contributed by atoms with Gasteiger partial charge in [-0.25, -0.2) is 0 Å². The van der Waals surface area contributed by atoms with Crippen molar-refractivity contribution >= 4 is 23.2 Å². The minimum Gasteiger partial charge on any atom is -0.350 e. The fraction of sp³-hybridized carbons (Fsp3) is 0.0625. The molecule has 1 N–H and O–H groups in total. The molecule has 2 nitrogen and oxygen atoms in total. The molecule has 2 rings (SSSR count). The molecule has 0 spiro atoms. The Bertz CT molecular complexity index is 564. The molecule has 0 amide bonds. The maximum absolute atomic E-state index is 12.1. The summed E-state index contributed by atoms with van der Waals surface area (Å²) in [6.07, 6.45) is 3.58. The summed E-state index contributed by atoms with van der Waals surface area (Å²) in [4.78, 5) is 12.1. The monoisotopic (exact) mass is 269 g/mol. The average molecular weight is 269 g/mol. The van der Waals surface area contributed by atoms with Crippen LogP contribution in [0.2, 0.25) is 0 Å². The van der Waals surface area contributed by atoms with Crippen molar-refractivity contribution in [1.82, 2.24) is 0 Å². The fourth-order valence-electron chi connectivity index (χ4n) is 1.61. The van der Waals surface area contributed by atoms with Crippen LogP contribution in [0.5, 0.6) is 0 Å². The van der Waals surface area contributed by atoms with Gasteiger partial charge < -0.3 is 5.32 Å². The molecule has 96 valence electrons. The Morgan fingerprint density at radius 2 is 1.58 bits per heavy atom. The summed E-state index contributed by atoms with van der Waals surface area (Å²) < 4.78 is 0. The molecule has 0 fully saturated rings. The van der Waals surface area contributed by atoms with E-state index in [2.05, 4.69) is 5.32 Å². The van der Waals surface area contributed by atoms with Crippen molar-refractivity contribution in [2.45, 2.75) is 0 Å². The van der Waals surface area contributed by atoms with Gasteiger partial charge in [0.2, 0.25) is 0 Å². The highest BCUT2D eigenvalue weighted by molar-refractivity contribution is 8.02.